The third-order valence-electron chi connectivity index (χ3n) is 2.73. The average Bonchev–Trinajstić information content (AvgIpc) is 2.29. The molecule has 0 aromatic carbocycles. The Kier molecular flexibility index (Phi) is 5.03. The molecule has 1 fully saturated rings. The molecule has 102 valence electrons. The van der Waals surface area contributed by atoms with Crippen molar-refractivity contribution < 1.29 is 12.8 Å². The standard InChI is InChI=1S/C10H14FN3O2S.ClH/c1-8-5-12-2-3-14(8)17(15,16)10-4-9(11)6-13-7-10;/h4,6-8,12H,2-3,5H2,1H3;1H/t8-;/m1./s1. The van der Waals surface area contributed by atoms with Crippen LogP contribution in [0.3, 0.4) is 0 Å². The second-order valence-corrected chi connectivity index (χ2v) is 5.90. The topological polar surface area (TPSA) is 62.3 Å². The maximum atomic E-state index is 13.0. The minimum Gasteiger partial charge on any atom is -0.314 e. The minimum atomic E-state index is -3.64. The average molecular weight is 296 g/mol. The molecule has 0 bridgehead atoms. The van der Waals surface area contributed by atoms with Crippen molar-refractivity contribution >= 4 is 22.4 Å². The van der Waals surface area contributed by atoms with Crippen LogP contribution < -0.4 is 5.32 Å². The van der Waals surface area contributed by atoms with Crippen LogP contribution in [-0.2, 0) is 10.0 Å². The first-order chi connectivity index (χ1) is 8.01. The number of hydrogen-bond acceptors (Lipinski definition) is 4. The Morgan fingerprint density at radius 2 is 2.22 bits per heavy atom. The Labute approximate surface area is 112 Å². The van der Waals surface area contributed by atoms with Crippen molar-refractivity contribution in [2.24, 2.45) is 0 Å². The van der Waals surface area contributed by atoms with Gasteiger partial charge >= 0.3 is 0 Å². The van der Waals surface area contributed by atoms with Gasteiger partial charge in [0.2, 0.25) is 10.0 Å². The summed E-state index contributed by atoms with van der Waals surface area (Å²) in [5, 5.41) is 3.10. The SMILES string of the molecule is C[C@@H]1CNCCN1S(=O)(=O)c1cncc(F)c1.Cl. The highest BCUT2D eigenvalue weighted by Crippen LogP contribution is 2.18. The van der Waals surface area contributed by atoms with E-state index in [0.717, 1.165) is 12.3 Å². The van der Waals surface area contributed by atoms with Gasteiger partial charge in [-0.05, 0) is 13.0 Å². The second-order valence-electron chi connectivity index (χ2n) is 4.01. The molecule has 0 saturated carbocycles. The van der Waals surface area contributed by atoms with Crippen LogP contribution in [-0.4, -0.2) is 43.4 Å². The van der Waals surface area contributed by atoms with Gasteiger partial charge in [-0.25, -0.2) is 12.8 Å². The Hall–Kier alpha value is -0.760. The monoisotopic (exact) mass is 295 g/mol. The third-order valence-corrected chi connectivity index (χ3v) is 4.71. The summed E-state index contributed by atoms with van der Waals surface area (Å²) >= 11 is 0. The molecule has 0 radical (unpaired) electrons. The predicted octanol–water partition coefficient (Wildman–Crippen LogP) is 0.625. The molecule has 1 atom stereocenters. The molecule has 5 nitrogen and oxygen atoms in total. The zero-order valence-corrected chi connectivity index (χ0v) is 11.5. The summed E-state index contributed by atoms with van der Waals surface area (Å²) in [5.74, 6) is -0.645. The van der Waals surface area contributed by atoms with Gasteiger partial charge in [0.1, 0.15) is 10.7 Å². The molecule has 0 spiro atoms. The second kappa shape index (κ2) is 5.92. The normalized spacial score (nSPS) is 21.3. The van der Waals surface area contributed by atoms with Crippen molar-refractivity contribution in [3.8, 4) is 0 Å². The molecule has 1 N–H and O–H groups in total. The maximum Gasteiger partial charge on any atom is 0.245 e. The van der Waals surface area contributed by atoms with Gasteiger partial charge in [-0.3, -0.25) is 4.98 Å². The van der Waals surface area contributed by atoms with Crippen molar-refractivity contribution in [1.29, 1.82) is 0 Å². The van der Waals surface area contributed by atoms with Crippen LogP contribution in [0.4, 0.5) is 4.39 Å². The number of nitrogens with zero attached hydrogens (tertiary/aromatic N) is 2. The lowest BCUT2D eigenvalue weighted by molar-refractivity contribution is 0.283. The highest BCUT2D eigenvalue weighted by molar-refractivity contribution is 7.89. The lowest BCUT2D eigenvalue weighted by Crippen LogP contribution is -2.52. The molecule has 0 amide bonds. The number of hydrogen-bond donors (Lipinski definition) is 1. The van der Waals surface area contributed by atoms with E-state index in [1.807, 2.05) is 6.92 Å². The van der Waals surface area contributed by atoms with Crippen LogP contribution in [0.2, 0.25) is 0 Å². The first-order valence-electron chi connectivity index (χ1n) is 5.35. The Balaban J connectivity index is 0.00000162. The number of halogens is 2. The number of rotatable bonds is 2. The van der Waals surface area contributed by atoms with Gasteiger partial charge in [0.05, 0.1) is 6.20 Å². The molecule has 0 aliphatic carbocycles. The zero-order chi connectivity index (χ0) is 12.5. The Morgan fingerprint density at radius 1 is 1.50 bits per heavy atom. The fraction of sp³-hybridized carbons (Fsp3) is 0.500. The highest BCUT2D eigenvalue weighted by Gasteiger charge is 2.31. The van der Waals surface area contributed by atoms with Crippen LogP contribution >= 0.6 is 12.4 Å². The van der Waals surface area contributed by atoms with Crippen molar-refractivity contribution in [3.63, 3.8) is 0 Å². The van der Waals surface area contributed by atoms with Crippen LogP contribution in [0.25, 0.3) is 0 Å². The maximum absolute atomic E-state index is 13.0. The molecule has 18 heavy (non-hydrogen) atoms. The number of pyridine rings is 1. The Bertz CT molecular complexity index is 512. The first kappa shape index (κ1) is 15.3. The van der Waals surface area contributed by atoms with Gasteiger partial charge < -0.3 is 5.32 Å². The van der Waals surface area contributed by atoms with E-state index >= 15 is 0 Å². The van der Waals surface area contributed by atoms with Crippen molar-refractivity contribution in [3.05, 3.63) is 24.3 Å². The van der Waals surface area contributed by atoms with Gasteiger partial charge in [-0.2, -0.15) is 4.31 Å². The summed E-state index contributed by atoms with van der Waals surface area (Å²) in [6.45, 7) is 3.41. The molecule has 0 unspecified atom stereocenters. The molecular formula is C10H15ClFN3O2S. The first-order valence-corrected chi connectivity index (χ1v) is 6.79. The largest absolute Gasteiger partial charge is 0.314 e. The fourth-order valence-electron chi connectivity index (χ4n) is 1.85. The number of sulfonamides is 1. The van der Waals surface area contributed by atoms with Gasteiger partial charge in [-0.15, -0.1) is 12.4 Å². The molecule has 1 saturated heterocycles. The summed E-state index contributed by atoms with van der Waals surface area (Å²) in [4.78, 5) is 3.48. The summed E-state index contributed by atoms with van der Waals surface area (Å²) in [7, 11) is -3.64. The fourth-order valence-corrected chi connectivity index (χ4v) is 3.45. The molecule has 1 aliphatic rings. The summed E-state index contributed by atoms with van der Waals surface area (Å²) in [6, 6.07) is 0.855. The van der Waals surface area contributed by atoms with E-state index in [2.05, 4.69) is 10.3 Å². The van der Waals surface area contributed by atoms with Gasteiger partial charge in [-0.1, -0.05) is 0 Å². The quantitative estimate of drug-likeness (QED) is 0.869. The number of aromatic nitrogens is 1. The lowest BCUT2D eigenvalue weighted by Gasteiger charge is -2.32. The summed E-state index contributed by atoms with van der Waals surface area (Å²) < 4.78 is 38.9. The van der Waals surface area contributed by atoms with E-state index < -0.39 is 15.8 Å². The third kappa shape index (κ3) is 2.97. The molecule has 1 aromatic rings. The molecule has 1 aromatic heterocycles. The molecular weight excluding hydrogens is 281 g/mol. The summed E-state index contributed by atoms with van der Waals surface area (Å²) in [5.41, 5.74) is 0. The van der Waals surface area contributed by atoms with Crippen LogP contribution in [0.1, 0.15) is 6.92 Å². The molecule has 2 rings (SSSR count). The van der Waals surface area contributed by atoms with Gasteiger partial charge in [0, 0.05) is 31.9 Å². The van der Waals surface area contributed by atoms with Gasteiger partial charge in [0.25, 0.3) is 0 Å². The zero-order valence-electron chi connectivity index (χ0n) is 9.84. The predicted molar refractivity (Wildman–Crippen MR) is 67.7 cm³/mol. The van der Waals surface area contributed by atoms with E-state index in [-0.39, 0.29) is 23.3 Å². The van der Waals surface area contributed by atoms with Crippen LogP contribution in [0, 0.1) is 5.82 Å². The van der Waals surface area contributed by atoms with Crippen molar-refractivity contribution in [2.45, 2.75) is 17.9 Å². The highest BCUT2D eigenvalue weighted by atomic mass is 35.5. The molecule has 2 heterocycles. The smallest absolute Gasteiger partial charge is 0.245 e. The number of nitrogens with one attached hydrogen (secondary N) is 1. The van der Waals surface area contributed by atoms with E-state index in [0.29, 0.717) is 19.6 Å². The Morgan fingerprint density at radius 3 is 2.83 bits per heavy atom. The van der Waals surface area contributed by atoms with Gasteiger partial charge in [0.15, 0.2) is 0 Å². The lowest BCUT2D eigenvalue weighted by atomic mass is 10.3. The van der Waals surface area contributed by atoms with E-state index in [1.165, 1.54) is 10.5 Å². The van der Waals surface area contributed by atoms with Crippen LogP contribution in [0.5, 0.6) is 0 Å². The summed E-state index contributed by atoms with van der Waals surface area (Å²) in [6.07, 6.45) is 2.16. The number of piperazine rings is 1. The van der Waals surface area contributed by atoms with Crippen molar-refractivity contribution in [2.75, 3.05) is 19.6 Å². The minimum absolute atomic E-state index is 0. The van der Waals surface area contributed by atoms with E-state index in [9.17, 15) is 12.8 Å². The van der Waals surface area contributed by atoms with Crippen molar-refractivity contribution in [1.82, 2.24) is 14.6 Å². The molecule has 1 aliphatic heterocycles. The van der Waals surface area contributed by atoms with E-state index in [4.69, 9.17) is 0 Å². The van der Waals surface area contributed by atoms with Crippen LogP contribution in [0.15, 0.2) is 23.4 Å². The van der Waals surface area contributed by atoms with E-state index in [1.54, 1.807) is 0 Å². The molecule has 8 heteroatoms.